The highest BCUT2D eigenvalue weighted by molar-refractivity contribution is 5.83. The van der Waals surface area contributed by atoms with Crippen LogP contribution in [0.1, 0.15) is 51.2 Å². The molecular formula is C16H23N3O. The van der Waals surface area contributed by atoms with Gasteiger partial charge in [0.2, 0.25) is 5.91 Å². The summed E-state index contributed by atoms with van der Waals surface area (Å²) in [5, 5.41) is 3.92. The molecule has 20 heavy (non-hydrogen) atoms. The zero-order valence-electron chi connectivity index (χ0n) is 12.9. The maximum atomic E-state index is 10.8. The van der Waals surface area contributed by atoms with Crippen molar-refractivity contribution in [2.75, 3.05) is 11.9 Å². The predicted molar refractivity (Wildman–Crippen MR) is 83.4 cm³/mol. The SMILES string of the molecule is CC(=O)N/N=C/c1ccc2c(c1)C(C)CC(C)(C)N2C. The summed E-state index contributed by atoms with van der Waals surface area (Å²) in [5.41, 5.74) is 6.25. The van der Waals surface area contributed by atoms with Gasteiger partial charge in [0.05, 0.1) is 6.21 Å². The number of amides is 1. The summed E-state index contributed by atoms with van der Waals surface area (Å²) in [6.07, 6.45) is 2.82. The van der Waals surface area contributed by atoms with E-state index in [4.69, 9.17) is 0 Å². The van der Waals surface area contributed by atoms with E-state index in [1.807, 2.05) is 6.07 Å². The lowest BCUT2D eigenvalue weighted by Gasteiger charge is -2.45. The average molecular weight is 273 g/mol. The highest BCUT2D eigenvalue weighted by Gasteiger charge is 2.33. The summed E-state index contributed by atoms with van der Waals surface area (Å²) in [6, 6.07) is 6.34. The van der Waals surface area contributed by atoms with Gasteiger partial charge < -0.3 is 4.90 Å². The predicted octanol–water partition coefficient (Wildman–Crippen LogP) is 2.88. The van der Waals surface area contributed by atoms with Gasteiger partial charge >= 0.3 is 0 Å². The van der Waals surface area contributed by atoms with E-state index in [1.165, 1.54) is 18.2 Å². The van der Waals surface area contributed by atoms with Gasteiger partial charge in [-0.05, 0) is 49.4 Å². The molecule has 0 aromatic heterocycles. The Morgan fingerprint density at radius 3 is 2.85 bits per heavy atom. The van der Waals surface area contributed by atoms with Gasteiger partial charge in [-0.2, -0.15) is 5.10 Å². The standard InChI is InChI=1S/C16H23N3O/c1-11-9-16(3,4)19(5)15-7-6-13(8-14(11)15)10-17-18-12(2)20/h6-8,10-11H,9H2,1-5H3,(H,18,20)/b17-10+. The van der Waals surface area contributed by atoms with Crippen molar-refractivity contribution in [1.82, 2.24) is 5.43 Å². The van der Waals surface area contributed by atoms with E-state index >= 15 is 0 Å². The Labute approximate surface area is 120 Å². The molecule has 1 amide bonds. The van der Waals surface area contributed by atoms with Gasteiger partial charge in [0.25, 0.3) is 0 Å². The molecule has 1 aliphatic heterocycles. The number of fused-ring (bicyclic) bond motifs is 1. The molecule has 1 atom stereocenters. The first kappa shape index (κ1) is 14.6. The number of hydrogen-bond donors (Lipinski definition) is 1. The number of nitrogens with one attached hydrogen (secondary N) is 1. The third-order valence-electron chi connectivity index (χ3n) is 4.09. The van der Waals surface area contributed by atoms with Crippen molar-refractivity contribution in [1.29, 1.82) is 0 Å². The summed E-state index contributed by atoms with van der Waals surface area (Å²) >= 11 is 0. The Kier molecular flexibility index (Phi) is 3.84. The van der Waals surface area contributed by atoms with Crippen LogP contribution >= 0.6 is 0 Å². The van der Waals surface area contributed by atoms with Crippen LogP contribution in [-0.2, 0) is 4.79 Å². The quantitative estimate of drug-likeness (QED) is 0.665. The smallest absolute Gasteiger partial charge is 0.236 e. The fourth-order valence-electron chi connectivity index (χ4n) is 2.87. The van der Waals surface area contributed by atoms with Crippen molar-refractivity contribution in [2.24, 2.45) is 5.10 Å². The molecule has 0 saturated carbocycles. The Morgan fingerprint density at radius 1 is 1.50 bits per heavy atom. The second kappa shape index (κ2) is 5.27. The molecule has 0 bridgehead atoms. The third-order valence-corrected chi connectivity index (χ3v) is 4.09. The average Bonchev–Trinajstić information content (AvgIpc) is 2.35. The minimum Gasteiger partial charge on any atom is -0.369 e. The van der Waals surface area contributed by atoms with Crippen LogP contribution in [0.15, 0.2) is 23.3 Å². The molecule has 0 spiro atoms. The van der Waals surface area contributed by atoms with E-state index in [1.54, 1.807) is 6.21 Å². The number of nitrogens with zero attached hydrogens (tertiary/aromatic N) is 2. The first-order chi connectivity index (χ1) is 9.31. The van der Waals surface area contributed by atoms with Crippen LogP contribution in [0.3, 0.4) is 0 Å². The summed E-state index contributed by atoms with van der Waals surface area (Å²) in [7, 11) is 2.15. The maximum absolute atomic E-state index is 10.8. The largest absolute Gasteiger partial charge is 0.369 e. The summed E-state index contributed by atoms with van der Waals surface area (Å²) in [5.74, 6) is 0.361. The monoisotopic (exact) mass is 273 g/mol. The normalized spacial score (nSPS) is 20.9. The lowest BCUT2D eigenvalue weighted by Crippen LogP contribution is -2.45. The molecule has 1 aliphatic rings. The van der Waals surface area contributed by atoms with Crippen LogP contribution < -0.4 is 10.3 Å². The maximum Gasteiger partial charge on any atom is 0.236 e. The van der Waals surface area contributed by atoms with Crippen LogP contribution in [0.4, 0.5) is 5.69 Å². The third kappa shape index (κ3) is 2.84. The minimum absolute atomic E-state index is 0.158. The lowest BCUT2D eigenvalue weighted by molar-refractivity contribution is -0.118. The van der Waals surface area contributed by atoms with Gasteiger partial charge in [-0.25, -0.2) is 5.43 Å². The van der Waals surface area contributed by atoms with Gasteiger partial charge in [0.1, 0.15) is 0 Å². The Bertz CT molecular complexity index is 549. The molecular weight excluding hydrogens is 250 g/mol. The van der Waals surface area contributed by atoms with Gasteiger partial charge in [-0.1, -0.05) is 13.0 Å². The van der Waals surface area contributed by atoms with Crippen LogP contribution in [0.25, 0.3) is 0 Å². The van der Waals surface area contributed by atoms with Gasteiger partial charge in [-0.15, -0.1) is 0 Å². The zero-order valence-corrected chi connectivity index (χ0v) is 12.9. The molecule has 0 radical (unpaired) electrons. The van der Waals surface area contributed by atoms with Gasteiger partial charge in [0, 0.05) is 25.2 Å². The molecule has 4 heteroatoms. The molecule has 1 unspecified atom stereocenters. The Balaban J connectivity index is 2.30. The number of carbonyl (C=O) groups is 1. The number of anilines is 1. The molecule has 4 nitrogen and oxygen atoms in total. The number of carbonyl (C=O) groups excluding carboxylic acids is 1. The fraction of sp³-hybridized carbons (Fsp3) is 0.500. The fourth-order valence-corrected chi connectivity index (χ4v) is 2.87. The molecule has 0 aliphatic carbocycles. The van der Waals surface area contributed by atoms with Crippen LogP contribution in [0.5, 0.6) is 0 Å². The molecule has 2 rings (SSSR count). The summed E-state index contributed by atoms with van der Waals surface area (Å²) < 4.78 is 0. The van der Waals surface area contributed by atoms with Gasteiger partial charge in [-0.3, -0.25) is 4.79 Å². The molecule has 1 N–H and O–H groups in total. The second-order valence-electron chi connectivity index (χ2n) is 6.22. The molecule has 108 valence electrons. The van der Waals surface area contributed by atoms with E-state index in [-0.39, 0.29) is 11.4 Å². The van der Waals surface area contributed by atoms with Crippen molar-refractivity contribution in [3.63, 3.8) is 0 Å². The lowest BCUT2D eigenvalue weighted by atomic mass is 9.80. The van der Waals surface area contributed by atoms with Crippen molar-refractivity contribution < 1.29 is 4.79 Å². The zero-order chi connectivity index (χ0) is 14.9. The number of rotatable bonds is 2. The highest BCUT2D eigenvalue weighted by Crippen LogP contribution is 2.42. The van der Waals surface area contributed by atoms with Crippen LogP contribution in [0, 0.1) is 0 Å². The summed E-state index contributed by atoms with van der Waals surface area (Å²) in [4.78, 5) is 13.1. The van der Waals surface area contributed by atoms with Gasteiger partial charge in [0.15, 0.2) is 0 Å². The first-order valence-electron chi connectivity index (χ1n) is 6.98. The Hall–Kier alpha value is -1.84. The summed E-state index contributed by atoms with van der Waals surface area (Å²) in [6.45, 7) is 8.27. The number of benzene rings is 1. The molecule has 1 aromatic rings. The topological polar surface area (TPSA) is 44.7 Å². The van der Waals surface area contributed by atoms with Crippen molar-refractivity contribution in [2.45, 2.75) is 45.6 Å². The second-order valence-corrected chi connectivity index (χ2v) is 6.22. The first-order valence-corrected chi connectivity index (χ1v) is 6.98. The molecule has 1 heterocycles. The van der Waals surface area contributed by atoms with Crippen LogP contribution in [-0.4, -0.2) is 24.7 Å². The molecule has 1 aromatic carbocycles. The van der Waals surface area contributed by atoms with Crippen molar-refractivity contribution >= 4 is 17.8 Å². The van der Waals surface area contributed by atoms with E-state index in [0.29, 0.717) is 5.92 Å². The van der Waals surface area contributed by atoms with Crippen LogP contribution in [0.2, 0.25) is 0 Å². The van der Waals surface area contributed by atoms with E-state index in [9.17, 15) is 4.79 Å². The van der Waals surface area contributed by atoms with E-state index in [2.05, 4.69) is 55.4 Å². The molecule has 0 fully saturated rings. The Morgan fingerprint density at radius 2 is 2.20 bits per heavy atom. The van der Waals surface area contributed by atoms with E-state index < -0.39 is 0 Å². The minimum atomic E-state index is -0.158. The number of hydrogen-bond acceptors (Lipinski definition) is 3. The van der Waals surface area contributed by atoms with E-state index in [0.717, 1.165) is 12.0 Å². The highest BCUT2D eigenvalue weighted by atomic mass is 16.2. The number of hydrazone groups is 1. The van der Waals surface area contributed by atoms with Crippen molar-refractivity contribution in [3.05, 3.63) is 29.3 Å². The van der Waals surface area contributed by atoms with Crippen molar-refractivity contribution in [3.8, 4) is 0 Å². The molecule has 0 saturated heterocycles.